The number of hydrogen-bond donors (Lipinski definition) is 2. The minimum absolute atomic E-state index is 0.0543. The van der Waals surface area contributed by atoms with Crippen LogP contribution in [0.5, 0.6) is 0 Å². The summed E-state index contributed by atoms with van der Waals surface area (Å²) in [4.78, 5) is 13.2. The number of hydrogen-bond acceptors (Lipinski definition) is 4. The highest BCUT2D eigenvalue weighted by atomic mass is 35.5. The smallest absolute Gasteiger partial charge is 0.262 e. The van der Waals surface area contributed by atoms with Crippen molar-refractivity contribution >= 4 is 33.4 Å². The number of pyridine rings is 1. The Morgan fingerprint density at radius 3 is 2.96 bits per heavy atom. The number of allylic oxidation sites excluding steroid dienone is 1. The second kappa shape index (κ2) is 8.69. The fourth-order valence-corrected chi connectivity index (χ4v) is 3.29. The quantitative estimate of drug-likeness (QED) is 0.457. The predicted octanol–water partition coefficient (Wildman–Crippen LogP) is 3.41. The monoisotopic (exact) mass is 388 g/mol. The van der Waals surface area contributed by atoms with Crippen molar-refractivity contribution in [1.82, 2.24) is 14.8 Å². The Balaban J connectivity index is 2.02. The zero-order chi connectivity index (χ0) is 19.4. The van der Waals surface area contributed by atoms with Crippen molar-refractivity contribution in [2.45, 2.75) is 33.2 Å². The molecule has 144 valence electrons. The lowest BCUT2D eigenvalue weighted by molar-refractivity contribution is 0.165. The molecule has 0 radical (unpaired) electrons. The van der Waals surface area contributed by atoms with E-state index in [1.165, 1.54) is 5.57 Å². The molecule has 6 nitrogen and oxygen atoms in total. The van der Waals surface area contributed by atoms with Gasteiger partial charge < -0.3 is 15.0 Å². The van der Waals surface area contributed by atoms with Gasteiger partial charge in [0.1, 0.15) is 5.52 Å². The molecule has 2 heterocycles. The summed E-state index contributed by atoms with van der Waals surface area (Å²) in [6, 6.07) is 5.51. The van der Waals surface area contributed by atoms with Gasteiger partial charge in [0.25, 0.3) is 5.56 Å². The standard InChI is InChI=1S/C20H25ClN4O2/c1-13(2)6-10-27-11-7-16-18-19(24-23-16)15-12-14(21)4-5-17(15)25(20(18)26)9-3-8-22/h4-6,12H,3,7-11,22H2,1-2H3,(H,23,24). The summed E-state index contributed by atoms with van der Waals surface area (Å²) in [5.41, 5.74) is 9.08. The summed E-state index contributed by atoms with van der Waals surface area (Å²) >= 11 is 6.20. The van der Waals surface area contributed by atoms with Gasteiger partial charge in [-0.3, -0.25) is 9.89 Å². The zero-order valence-electron chi connectivity index (χ0n) is 15.7. The van der Waals surface area contributed by atoms with Crippen molar-refractivity contribution in [2.24, 2.45) is 5.73 Å². The van der Waals surface area contributed by atoms with E-state index >= 15 is 0 Å². The van der Waals surface area contributed by atoms with E-state index in [-0.39, 0.29) is 5.56 Å². The fraction of sp³-hybridized carbons (Fsp3) is 0.400. The molecule has 27 heavy (non-hydrogen) atoms. The van der Waals surface area contributed by atoms with Crippen LogP contribution in [0.1, 0.15) is 26.0 Å². The molecule has 1 aromatic carbocycles. The number of fused-ring (bicyclic) bond motifs is 3. The van der Waals surface area contributed by atoms with Crippen LogP contribution in [0.3, 0.4) is 0 Å². The maximum atomic E-state index is 13.2. The molecule has 0 atom stereocenters. The Labute approximate surface area is 162 Å². The van der Waals surface area contributed by atoms with E-state index in [4.69, 9.17) is 22.1 Å². The van der Waals surface area contributed by atoms with Crippen LogP contribution in [-0.2, 0) is 17.7 Å². The van der Waals surface area contributed by atoms with E-state index in [1.54, 1.807) is 10.6 Å². The number of aryl methyl sites for hydroxylation is 1. The summed E-state index contributed by atoms with van der Waals surface area (Å²) < 4.78 is 7.41. The number of halogens is 1. The topological polar surface area (TPSA) is 85.9 Å². The average Bonchev–Trinajstić information content (AvgIpc) is 3.06. The van der Waals surface area contributed by atoms with Crippen LogP contribution in [0.2, 0.25) is 5.02 Å². The maximum Gasteiger partial charge on any atom is 0.262 e. The summed E-state index contributed by atoms with van der Waals surface area (Å²) in [7, 11) is 0. The van der Waals surface area contributed by atoms with Crippen molar-refractivity contribution < 1.29 is 4.74 Å². The second-order valence-corrected chi connectivity index (χ2v) is 7.23. The number of aromatic nitrogens is 3. The lowest BCUT2D eigenvalue weighted by Crippen LogP contribution is -2.23. The molecule has 7 heteroatoms. The average molecular weight is 389 g/mol. The molecule has 0 bridgehead atoms. The molecule has 0 saturated carbocycles. The Morgan fingerprint density at radius 1 is 1.41 bits per heavy atom. The van der Waals surface area contributed by atoms with Gasteiger partial charge in [-0.05, 0) is 45.0 Å². The molecule has 0 fully saturated rings. The van der Waals surface area contributed by atoms with Gasteiger partial charge in [-0.2, -0.15) is 5.10 Å². The maximum absolute atomic E-state index is 13.2. The Bertz CT molecular complexity index is 1030. The Morgan fingerprint density at radius 2 is 2.22 bits per heavy atom. The highest BCUT2D eigenvalue weighted by molar-refractivity contribution is 6.31. The van der Waals surface area contributed by atoms with Crippen molar-refractivity contribution in [3.8, 4) is 0 Å². The van der Waals surface area contributed by atoms with Crippen LogP contribution in [0, 0.1) is 0 Å². The first kappa shape index (κ1) is 19.6. The number of nitrogens with one attached hydrogen (secondary N) is 1. The van der Waals surface area contributed by atoms with Crippen molar-refractivity contribution in [2.75, 3.05) is 19.8 Å². The first-order chi connectivity index (χ1) is 13.0. The van der Waals surface area contributed by atoms with Crippen LogP contribution in [-0.4, -0.2) is 34.5 Å². The lowest BCUT2D eigenvalue weighted by Gasteiger charge is -2.11. The van der Waals surface area contributed by atoms with E-state index in [0.717, 1.165) is 23.0 Å². The third-order valence-corrected chi connectivity index (χ3v) is 4.73. The molecule has 0 aliphatic heterocycles. The van der Waals surface area contributed by atoms with E-state index in [1.807, 2.05) is 32.1 Å². The number of nitrogens with two attached hydrogens (primary N) is 1. The SMILES string of the molecule is CC(C)=CCOCCc1[nH]nc2c1c(=O)n(CCCN)c1ccc(Cl)cc21. The van der Waals surface area contributed by atoms with Gasteiger partial charge in [0.15, 0.2) is 0 Å². The van der Waals surface area contributed by atoms with Crippen molar-refractivity contribution in [3.05, 3.63) is 50.9 Å². The van der Waals surface area contributed by atoms with Crippen molar-refractivity contribution in [3.63, 3.8) is 0 Å². The molecule has 2 aromatic heterocycles. The summed E-state index contributed by atoms with van der Waals surface area (Å²) in [5.74, 6) is 0. The highest BCUT2D eigenvalue weighted by Crippen LogP contribution is 2.26. The molecule has 0 spiro atoms. The van der Waals surface area contributed by atoms with Gasteiger partial charge >= 0.3 is 0 Å². The van der Waals surface area contributed by atoms with Crippen LogP contribution in [0.4, 0.5) is 0 Å². The molecule has 3 N–H and O–H groups in total. The molecular formula is C20H25ClN4O2. The van der Waals surface area contributed by atoms with Crippen LogP contribution in [0.15, 0.2) is 34.6 Å². The summed E-state index contributed by atoms with van der Waals surface area (Å²) in [5, 5.41) is 9.51. The van der Waals surface area contributed by atoms with E-state index in [9.17, 15) is 4.79 Å². The molecule has 0 unspecified atom stereocenters. The molecule has 3 aromatic rings. The van der Waals surface area contributed by atoms with Gasteiger partial charge in [0.2, 0.25) is 0 Å². The number of benzene rings is 1. The van der Waals surface area contributed by atoms with E-state index in [0.29, 0.717) is 48.6 Å². The first-order valence-electron chi connectivity index (χ1n) is 9.13. The molecule has 0 saturated heterocycles. The lowest BCUT2D eigenvalue weighted by atomic mass is 10.1. The Hall–Kier alpha value is -2.15. The molecule has 0 aliphatic carbocycles. The first-order valence-corrected chi connectivity index (χ1v) is 9.51. The number of ether oxygens (including phenoxy) is 1. The number of aromatic amines is 1. The fourth-order valence-electron chi connectivity index (χ4n) is 3.12. The van der Waals surface area contributed by atoms with Crippen LogP contribution < -0.4 is 11.3 Å². The molecular weight excluding hydrogens is 364 g/mol. The molecule has 3 rings (SSSR count). The summed E-state index contributed by atoms with van der Waals surface area (Å²) in [6.07, 6.45) is 3.34. The second-order valence-electron chi connectivity index (χ2n) is 6.79. The van der Waals surface area contributed by atoms with Crippen LogP contribution in [0.25, 0.3) is 21.8 Å². The van der Waals surface area contributed by atoms with Crippen LogP contribution >= 0.6 is 11.6 Å². The number of nitrogens with zero attached hydrogens (tertiary/aromatic N) is 2. The van der Waals surface area contributed by atoms with Gasteiger partial charge in [-0.25, -0.2) is 0 Å². The predicted molar refractivity (Wildman–Crippen MR) is 110 cm³/mol. The van der Waals surface area contributed by atoms with E-state index < -0.39 is 0 Å². The van der Waals surface area contributed by atoms with Crippen molar-refractivity contribution in [1.29, 1.82) is 0 Å². The van der Waals surface area contributed by atoms with Gasteiger partial charge in [-0.15, -0.1) is 0 Å². The molecule has 0 aliphatic rings. The molecule has 0 amide bonds. The third-order valence-electron chi connectivity index (χ3n) is 4.50. The van der Waals surface area contributed by atoms with E-state index in [2.05, 4.69) is 10.2 Å². The van der Waals surface area contributed by atoms with Gasteiger partial charge in [0.05, 0.1) is 29.8 Å². The number of rotatable bonds is 8. The largest absolute Gasteiger partial charge is 0.377 e. The normalized spacial score (nSPS) is 11.4. The third kappa shape index (κ3) is 4.24. The summed E-state index contributed by atoms with van der Waals surface area (Å²) in [6.45, 7) is 6.23. The highest BCUT2D eigenvalue weighted by Gasteiger charge is 2.17. The zero-order valence-corrected chi connectivity index (χ0v) is 16.5. The van der Waals surface area contributed by atoms with Gasteiger partial charge in [0, 0.05) is 23.4 Å². The Kier molecular flexibility index (Phi) is 6.31. The minimum atomic E-state index is -0.0543. The number of H-pyrrole nitrogens is 1. The van der Waals surface area contributed by atoms with Gasteiger partial charge in [-0.1, -0.05) is 23.3 Å². The minimum Gasteiger partial charge on any atom is -0.377 e.